The maximum Gasteiger partial charge on any atom is 0.327 e. The Balaban J connectivity index is 0.00000225. The first kappa shape index (κ1) is 18.4. The second kappa shape index (κ2) is 8.79. The van der Waals surface area contributed by atoms with Crippen molar-refractivity contribution in [3.8, 4) is 6.01 Å². The minimum absolute atomic E-state index is 0. The van der Waals surface area contributed by atoms with Gasteiger partial charge in [0, 0.05) is 19.7 Å². The number of aromatic amines is 1. The fourth-order valence-electron chi connectivity index (χ4n) is 2.68. The molecule has 3 heterocycles. The molecule has 2 aromatic rings. The maximum atomic E-state index is 12.2. The Kier molecular flexibility index (Phi) is 6.47. The van der Waals surface area contributed by atoms with Crippen LogP contribution < -0.4 is 10.4 Å². The van der Waals surface area contributed by atoms with E-state index in [2.05, 4.69) is 26.8 Å². The van der Waals surface area contributed by atoms with Gasteiger partial charge in [0.1, 0.15) is 5.52 Å². The van der Waals surface area contributed by atoms with E-state index in [9.17, 15) is 4.79 Å². The number of fused-ring (bicyclic) bond motifs is 1. The smallest absolute Gasteiger partial charge is 0.327 e. The molecule has 0 spiro atoms. The monoisotopic (exact) mass is 577 g/mol. The van der Waals surface area contributed by atoms with Crippen molar-refractivity contribution in [1.82, 2.24) is 24.4 Å². The molecule has 140 valence electrons. The zero-order valence-electron chi connectivity index (χ0n) is 14.4. The topological polar surface area (TPSA) is 85.3 Å². The number of morpholine rings is 1. The van der Waals surface area contributed by atoms with Gasteiger partial charge in [0.15, 0.2) is 5.65 Å². The molecular formula is C16H24CmN5O3-. The van der Waals surface area contributed by atoms with E-state index in [0.717, 1.165) is 45.5 Å². The molecule has 0 amide bonds. The van der Waals surface area contributed by atoms with Crippen LogP contribution in [0.1, 0.15) is 26.2 Å². The summed E-state index contributed by atoms with van der Waals surface area (Å²) in [7, 11) is 0. The van der Waals surface area contributed by atoms with Crippen LogP contribution in [0.5, 0.6) is 6.01 Å². The van der Waals surface area contributed by atoms with Gasteiger partial charge in [-0.15, -0.1) is 6.54 Å². The standard InChI is InChI=1S/C16H24N5O3.Cm/c1-2-3-9-24-15-17-12-13-14(19-15)21(16(22)18-13)6-4-5-20-7-10-23-11-8-20;/h10,12H,2-9,11H2,1H3,(H,18,22);/q-1;. The summed E-state index contributed by atoms with van der Waals surface area (Å²) < 4.78 is 12.4. The molecule has 1 aliphatic heterocycles. The van der Waals surface area contributed by atoms with E-state index < -0.39 is 0 Å². The zero-order valence-corrected chi connectivity index (χ0v) is 17.3. The number of nitrogens with zero attached hydrogens (tertiary/aromatic N) is 4. The Bertz CT molecular complexity index is 711. The van der Waals surface area contributed by atoms with Crippen molar-refractivity contribution in [3.05, 3.63) is 23.3 Å². The number of aryl methyl sites for hydroxylation is 1. The number of rotatable bonds is 8. The zero-order chi connectivity index (χ0) is 16.8. The Morgan fingerprint density at radius 3 is 3.04 bits per heavy atom. The first-order valence-electron chi connectivity index (χ1n) is 8.52. The van der Waals surface area contributed by atoms with Crippen LogP contribution in [0.3, 0.4) is 0 Å². The van der Waals surface area contributed by atoms with Crippen molar-refractivity contribution in [2.75, 3.05) is 32.8 Å². The summed E-state index contributed by atoms with van der Waals surface area (Å²) in [6, 6.07) is 0.325. The first-order chi connectivity index (χ1) is 11.8. The van der Waals surface area contributed by atoms with Gasteiger partial charge < -0.3 is 19.4 Å². The van der Waals surface area contributed by atoms with E-state index in [1.807, 2.05) is 6.61 Å². The van der Waals surface area contributed by atoms with Gasteiger partial charge in [-0.25, -0.2) is 9.78 Å². The molecule has 9 heteroatoms. The molecule has 0 atom stereocenters. The number of hydrogen-bond acceptors (Lipinski definition) is 6. The summed E-state index contributed by atoms with van der Waals surface area (Å²) >= 11 is 0. The predicted molar refractivity (Wildman–Crippen MR) is 89.9 cm³/mol. The summed E-state index contributed by atoms with van der Waals surface area (Å²) in [5.41, 5.74) is 1.09. The fraction of sp³-hybridized carbons (Fsp3) is 0.625. The molecule has 8 nitrogen and oxygen atoms in total. The van der Waals surface area contributed by atoms with Crippen molar-refractivity contribution in [2.24, 2.45) is 0 Å². The van der Waals surface area contributed by atoms with Crippen LogP contribution in [0.15, 0.2) is 11.0 Å². The Morgan fingerprint density at radius 2 is 2.28 bits per heavy atom. The third-order valence-corrected chi connectivity index (χ3v) is 4.05. The molecule has 1 fully saturated rings. The fourth-order valence-corrected chi connectivity index (χ4v) is 2.68. The molecule has 1 N–H and O–H groups in total. The summed E-state index contributed by atoms with van der Waals surface area (Å²) in [5.74, 6) is 0. The molecule has 0 aliphatic carbocycles. The van der Waals surface area contributed by atoms with Crippen LogP contribution in [-0.2, 0) is 11.3 Å². The summed E-state index contributed by atoms with van der Waals surface area (Å²) in [4.78, 5) is 25.8. The van der Waals surface area contributed by atoms with Gasteiger partial charge in [0.25, 0.3) is 0 Å². The maximum absolute atomic E-state index is 12.2. The van der Waals surface area contributed by atoms with Crippen molar-refractivity contribution < 1.29 is 9.47 Å². The molecule has 1 aliphatic rings. The van der Waals surface area contributed by atoms with Gasteiger partial charge in [-0.05, 0) is 19.4 Å². The van der Waals surface area contributed by atoms with Gasteiger partial charge in [-0.1, -0.05) is 13.3 Å². The number of hydrogen-bond donors (Lipinski definition) is 1. The minimum atomic E-state index is -0.154. The molecule has 1 saturated heterocycles. The van der Waals surface area contributed by atoms with Gasteiger partial charge in [-0.2, -0.15) is 11.6 Å². The molecule has 3 rings (SSSR count). The molecule has 0 aromatic carbocycles. The van der Waals surface area contributed by atoms with E-state index in [4.69, 9.17) is 9.47 Å². The number of unbranched alkanes of at least 4 members (excludes halogenated alkanes) is 1. The molecular weight excluding hydrogens is 557 g/mol. The molecule has 0 radical (unpaired) electrons. The average Bonchev–Trinajstić information content (AvgIpc) is 2.91. The average molecular weight is 581 g/mol. The number of nitrogens with one attached hydrogen (secondary N) is 1. The summed E-state index contributed by atoms with van der Waals surface area (Å²) in [6.07, 6.45) is 4.49. The normalized spacial score (nSPS) is 15.2. The Hall–Kier alpha value is -2.93. The van der Waals surface area contributed by atoms with Gasteiger partial charge in [0.05, 0.1) is 12.8 Å². The van der Waals surface area contributed by atoms with Crippen molar-refractivity contribution in [3.63, 3.8) is 0 Å². The molecule has 2 aromatic heterocycles. The molecule has 25 heavy (non-hydrogen) atoms. The molecule has 0 saturated carbocycles. The van der Waals surface area contributed by atoms with E-state index in [1.165, 1.54) is 0 Å². The van der Waals surface area contributed by atoms with Crippen LogP contribution in [-0.4, -0.2) is 57.3 Å². The van der Waals surface area contributed by atoms with E-state index in [1.54, 1.807) is 10.8 Å². The summed E-state index contributed by atoms with van der Waals surface area (Å²) in [6.45, 7) is 8.55. The Labute approximate surface area is 140 Å². The number of aromatic nitrogens is 4. The molecule has 0 bridgehead atoms. The largest absolute Gasteiger partial charge is 0.550 e. The van der Waals surface area contributed by atoms with E-state index in [0.29, 0.717) is 30.3 Å². The third-order valence-electron chi connectivity index (χ3n) is 4.05. The van der Waals surface area contributed by atoms with E-state index >= 15 is 0 Å². The second-order valence-corrected chi connectivity index (χ2v) is 5.87. The summed E-state index contributed by atoms with van der Waals surface area (Å²) in [5, 5.41) is 0. The quantitative estimate of drug-likeness (QED) is 0.373. The van der Waals surface area contributed by atoms with Crippen LogP contribution in [0, 0.1) is 6.61 Å². The second-order valence-electron chi connectivity index (χ2n) is 5.87. The van der Waals surface area contributed by atoms with Gasteiger partial charge >= 0.3 is 11.7 Å². The molecule has 0 unspecified atom stereocenters. The van der Waals surface area contributed by atoms with Crippen LogP contribution in [0.25, 0.3) is 11.2 Å². The van der Waals surface area contributed by atoms with Crippen molar-refractivity contribution in [1.29, 1.82) is 0 Å². The first-order valence-corrected chi connectivity index (χ1v) is 8.52. The number of ether oxygens (including phenoxy) is 2. The number of imidazole rings is 1. The predicted octanol–water partition coefficient (Wildman–Crippen LogP) is 1.18. The van der Waals surface area contributed by atoms with E-state index in [-0.39, 0.29) is 5.69 Å². The van der Waals surface area contributed by atoms with Gasteiger partial charge in [0.2, 0.25) is 0 Å². The van der Waals surface area contributed by atoms with Crippen molar-refractivity contribution >= 4 is 11.2 Å². The minimum Gasteiger partial charge on any atom is -0.550 e. The van der Waals surface area contributed by atoms with Crippen LogP contribution in [0.2, 0.25) is 0 Å². The van der Waals surface area contributed by atoms with Crippen molar-refractivity contribution in [2.45, 2.75) is 32.7 Å². The third kappa shape index (κ3) is 4.54. The Morgan fingerprint density at radius 1 is 1.40 bits per heavy atom. The van der Waals surface area contributed by atoms with Crippen LogP contribution in [0.4, 0.5) is 0 Å². The SMILES string of the molecule is CCCCOc1ncc2[nH]c(=O)n(CCCN3C[CH-]OCC3)c2n1.[Cm]. The number of H-pyrrole nitrogens is 1. The van der Waals surface area contributed by atoms with Gasteiger partial charge in [-0.3, -0.25) is 4.57 Å². The van der Waals surface area contributed by atoms with Crippen LogP contribution >= 0.6 is 0 Å².